The number of aromatic amines is 1. The summed E-state index contributed by atoms with van der Waals surface area (Å²) >= 11 is 5.41. The van der Waals surface area contributed by atoms with Gasteiger partial charge in [-0.3, -0.25) is 10.0 Å². The number of hydrogen-bond acceptors (Lipinski definition) is 9. The molecule has 2 aromatic heterocycles. The molecular weight excluding hydrogens is 582 g/mol. The van der Waals surface area contributed by atoms with Crippen molar-refractivity contribution in [2.45, 2.75) is 21.9 Å². The molecule has 0 aliphatic carbocycles. The molecule has 37 heavy (non-hydrogen) atoms. The standard InChI is InChI=1S/C21H25N5O6S4.ClH/c27-21(24-28)17-13-25(35(29,30)14-16(33)12-19-22-8-9-23-19)10-11-26(17)36(31,32)20-7-6-18(34-20)15-4-2-1-3-5-15;/h1-9,16-17,28,33H,10-14H2,(H,22,23)(H,24,27);1H/t16?,17-;/m1./s1. The van der Waals surface area contributed by atoms with Crippen LogP contribution >= 0.6 is 36.4 Å². The van der Waals surface area contributed by atoms with Gasteiger partial charge in [0.05, 0.1) is 5.75 Å². The van der Waals surface area contributed by atoms with Crippen LogP contribution in [0.3, 0.4) is 0 Å². The first-order chi connectivity index (χ1) is 17.1. The molecule has 1 aliphatic heterocycles. The van der Waals surface area contributed by atoms with E-state index in [1.165, 1.54) is 11.5 Å². The monoisotopic (exact) mass is 607 g/mol. The summed E-state index contributed by atoms with van der Waals surface area (Å²) < 4.78 is 55.0. The fourth-order valence-corrected chi connectivity index (χ4v) is 9.23. The van der Waals surface area contributed by atoms with Crippen LogP contribution in [0, 0.1) is 0 Å². The number of rotatable bonds is 9. The third-order valence-electron chi connectivity index (χ3n) is 5.69. The van der Waals surface area contributed by atoms with E-state index in [-0.39, 0.29) is 41.9 Å². The summed E-state index contributed by atoms with van der Waals surface area (Å²) in [6, 6.07) is 10.9. The maximum absolute atomic E-state index is 13.5. The molecule has 1 fully saturated rings. The Kier molecular flexibility index (Phi) is 9.79. The number of thiophene rings is 1. The van der Waals surface area contributed by atoms with Gasteiger partial charge in [0, 0.05) is 48.6 Å². The minimum atomic E-state index is -4.15. The normalized spacial score (nSPS) is 18.2. The van der Waals surface area contributed by atoms with Crippen LogP contribution in [0.25, 0.3) is 10.4 Å². The number of sulfonamides is 2. The number of hydroxylamine groups is 1. The zero-order valence-electron chi connectivity index (χ0n) is 19.3. The lowest BCUT2D eigenvalue weighted by molar-refractivity contribution is -0.134. The van der Waals surface area contributed by atoms with Gasteiger partial charge in [-0.25, -0.2) is 27.3 Å². The number of hydrogen-bond donors (Lipinski definition) is 4. The summed E-state index contributed by atoms with van der Waals surface area (Å²) in [5, 5.41) is 8.69. The van der Waals surface area contributed by atoms with Crippen LogP contribution in [0.5, 0.6) is 0 Å². The van der Waals surface area contributed by atoms with Gasteiger partial charge in [-0.05, 0) is 17.7 Å². The summed E-state index contributed by atoms with van der Waals surface area (Å²) in [6.07, 6.45) is 3.46. The lowest BCUT2D eigenvalue weighted by atomic mass is 10.2. The predicted octanol–water partition coefficient (Wildman–Crippen LogP) is 1.61. The average molecular weight is 608 g/mol. The number of carbonyl (C=O) groups excluding carboxylic acids is 1. The van der Waals surface area contributed by atoms with Gasteiger partial charge in [-0.1, -0.05) is 30.3 Å². The smallest absolute Gasteiger partial charge is 0.263 e. The van der Waals surface area contributed by atoms with Gasteiger partial charge in [-0.15, -0.1) is 23.7 Å². The summed E-state index contributed by atoms with van der Waals surface area (Å²) in [5.74, 6) is -0.761. The highest BCUT2D eigenvalue weighted by Gasteiger charge is 2.43. The number of halogens is 1. The number of aromatic nitrogens is 2. The van der Waals surface area contributed by atoms with E-state index in [1.807, 2.05) is 30.3 Å². The van der Waals surface area contributed by atoms with Crippen LogP contribution in [-0.4, -0.2) is 83.2 Å². The fourth-order valence-electron chi connectivity index (χ4n) is 3.94. The molecule has 1 amide bonds. The minimum absolute atomic E-state index is 0. The summed E-state index contributed by atoms with van der Waals surface area (Å²) in [6.45, 7) is -0.839. The van der Waals surface area contributed by atoms with Crippen molar-refractivity contribution in [1.82, 2.24) is 24.1 Å². The number of piperazine rings is 1. The van der Waals surface area contributed by atoms with Crippen LogP contribution < -0.4 is 5.48 Å². The molecule has 0 radical (unpaired) electrons. The predicted molar refractivity (Wildman–Crippen MR) is 145 cm³/mol. The van der Waals surface area contributed by atoms with E-state index in [9.17, 15) is 26.8 Å². The van der Waals surface area contributed by atoms with E-state index < -0.39 is 43.8 Å². The van der Waals surface area contributed by atoms with Crippen molar-refractivity contribution in [3.05, 3.63) is 60.7 Å². The number of carbonyl (C=O) groups is 1. The quantitative estimate of drug-likeness (QED) is 0.164. The van der Waals surface area contributed by atoms with E-state index in [0.29, 0.717) is 5.82 Å². The Balaban J connectivity index is 0.00000380. The SMILES string of the molecule is Cl.O=C(NO)[C@H]1CN(S(=O)(=O)CC(S)Cc2ncc[nH]2)CCN1S(=O)(=O)c1ccc(-c2ccccc2)s1. The van der Waals surface area contributed by atoms with Crippen LogP contribution in [0.2, 0.25) is 0 Å². The molecule has 3 N–H and O–H groups in total. The Labute approximate surface area is 230 Å². The van der Waals surface area contributed by atoms with E-state index >= 15 is 0 Å². The molecule has 1 aliphatic rings. The Morgan fingerprint density at radius 3 is 2.57 bits per heavy atom. The second-order valence-corrected chi connectivity index (χ2v) is 14.1. The zero-order valence-corrected chi connectivity index (χ0v) is 23.5. The number of nitrogens with zero attached hydrogens (tertiary/aromatic N) is 3. The topological polar surface area (TPSA) is 153 Å². The number of amides is 1. The maximum Gasteiger partial charge on any atom is 0.263 e. The number of nitrogens with one attached hydrogen (secondary N) is 2. The molecule has 3 aromatic rings. The van der Waals surface area contributed by atoms with Crippen LogP contribution in [0.15, 0.2) is 59.1 Å². The van der Waals surface area contributed by atoms with E-state index in [1.54, 1.807) is 18.5 Å². The van der Waals surface area contributed by atoms with Gasteiger partial charge in [0.1, 0.15) is 16.1 Å². The summed E-state index contributed by atoms with van der Waals surface area (Å²) in [5.41, 5.74) is 2.32. The Morgan fingerprint density at radius 1 is 1.19 bits per heavy atom. The van der Waals surface area contributed by atoms with Crippen molar-refractivity contribution in [3.8, 4) is 10.4 Å². The number of thiol groups is 1. The average Bonchev–Trinajstić information content (AvgIpc) is 3.56. The summed E-state index contributed by atoms with van der Waals surface area (Å²) in [7, 11) is -8.04. The molecule has 16 heteroatoms. The second kappa shape index (κ2) is 12.3. The van der Waals surface area contributed by atoms with Crippen molar-refractivity contribution in [2.75, 3.05) is 25.4 Å². The Bertz CT molecular complexity index is 1400. The van der Waals surface area contributed by atoms with E-state index in [2.05, 4.69) is 22.6 Å². The first-order valence-corrected chi connectivity index (χ1v) is 15.2. The van der Waals surface area contributed by atoms with Gasteiger partial charge in [0.25, 0.3) is 15.9 Å². The van der Waals surface area contributed by atoms with Crippen LogP contribution in [0.4, 0.5) is 0 Å². The molecule has 11 nitrogen and oxygen atoms in total. The van der Waals surface area contributed by atoms with E-state index in [4.69, 9.17) is 0 Å². The van der Waals surface area contributed by atoms with Crippen LogP contribution in [0.1, 0.15) is 5.82 Å². The van der Waals surface area contributed by atoms with Gasteiger partial charge in [-0.2, -0.15) is 21.2 Å². The highest BCUT2D eigenvalue weighted by atomic mass is 35.5. The third-order valence-corrected chi connectivity index (χ3v) is 11.8. The van der Waals surface area contributed by atoms with Gasteiger partial charge in [0.2, 0.25) is 10.0 Å². The van der Waals surface area contributed by atoms with E-state index in [0.717, 1.165) is 30.4 Å². The highest BCUT2D eigenvalue weighted by Crippen LogP contribution is 2.33. The molecule has 0 bridgehead atoms. The molecule has 1 aromatic carbocycles. The lowest BCUT2D eigenvalue weighted by Crippen LogP contribution is -2.61. The van der Waals surface area contributed by atoms with Gasteiger partial charge in [0.15, 0.2) is 0 Å². The molecule has 1 unspecified atom stereocenters. The first kappa shape index (κ1) is 29.6. The largest absolute Gasteiger partial charge is 0.349 e. The lowest BCUT2D eigenvalue weighted by Gasteiger charge is -2.38. The second-order valence-electron chi connectivity index (χ2n) is 8.12. The zero-order chi connectivity index (χ0) is 25.9. The molecule has 2 atom stereocenters. The minimum Gasteiger partial charge on any atom is -0.349 e. The molecule has 202 valence electrons. The number of imidazole rings is 1. The van der Waals surface area contributed by atoms with Crippen molar-refractivity contribution in [2.24, 2.45) is 0 Å². The molecular formula is C21H26ClN5O6S4. The van der Waals surface area contributed by atoms with Crippen molar-refractivity contribution >= 4 is 62.3 Å². The molecule has 1 saturated heterocycles. The van der Waals surface area contributed by atoms with Crippen molar-refractivity contribution in [3.63, 3.8) is 0 Å². The number of benzene rings is 1. The maximum atomic E-state index is 13.5. The molecule has 4 rings (SSSR count). The summed E-state index contributed by atoms with van der Waals surface area (Å²) in [4.78, 5) is 20.2. The fraction of sp³-hybridized carbons (Fsp3) is 0.333. The van der Waals surface area contributed by atoms with Crippen molar-refractivity contribution < 1.29 is 26.8 Å². The van der Waals surface area contributed by atoms with Crippen molar-refractivity contribution in [1.29, 1.82) is 0 Å². The Hall–Kier alpha value is -1.98. The molecule has 0 saturated carbocycles. The molecule has 3 heterocycles. The first-order valence-electron chi connectivity index (χ1n) is 10.9. The Morgan fingerprint density at radius 2 is 1.92 bits per heavy atom. The number of H-pyrrole nitrogens is 1. The molecule has 0 spiro atoms. The third kappa shape index (κ3) is 6.72. The van der Waals surface area contributed by atoms with Crippen LogP contribution in [-0.2, 0) is 31.3 Å². The highest BCUT2D eigenvalue weighted by molar-refractivity contribution is 7.91. The van der Waals surface area contributed by atoms with Gasteiger partial charge >= 0.3 is 0 Å². The van der Waals surface area contributed by atoms with Gasteiger partial charge < -0.3 is 4.98 Å².